The molecule has 20 heavy (non-hydrogen) atoms. The number of fused-ring (bicyclic) bond motifs is 1. The van der Waals surface area contributed by atoms with E-state index in [2.05, 4.69) is 46.1 Å². The fourth-order valence-corrected chi connectivity index (χ4v) is 2.87. The van der Waals surface area contributed by atoms with Crippen molar-refractivity contribution in [3.05, 3.63) is 47.8 Å². The van der Waals surface area contributed by atoms with Gasteiger partial charge < -0.3 is 14.6 Å². The highest BCUT2D eigenvalue weighted by Crippen LogP contribution is 2.36. The standard InChI is InChI=1S/C16H21N3O/c1-12(11-20-2)18-16-17-7-8-19(16)10-14-9-13-5-3-4-6-15(13)14/h3-8,12,14H,9-11H2,1-2H3,(H,17,18). The molecule has 0 amide bonds. The van der Waals surface area contributed by atoms with Crippen LogP contribution in [0, 0.1) is 0 Å². The van der Waals surface area contributed by atoms with Gasteiger partial charge in [0, 0.05) is 38.0 Å². The van der Waals surface area contributed by atoms with Crippen molar-refractivity contribution in [1.82, 2.24) is 9.55 Å². The van der Waals surface area contributed by atoms with Crippen molar-refractivity contribution in [1.29, 1.82) is 0 Å². The molecule has 2 atom stereocenters. The quantitative estimate of drug-likeness (QED) is 0.878. The largest absolute Gasteiger partial charge is 0.383 e. The minimum Gasteiger partial charge on any atom is -0.383 e. The second-order valence-electron chi connectivity index (χ2n) is 5.50. The van der Waals surface area contributed by atoms with Crippen LogP contribution in [0.4, 0.5) is 5.95 Å². The number of rotatable bonds is 6. The highest BCUT2D eigenvalue weighted by molar-refractivity contribution is 5.40. The number of hydrogen-bond acceptors (Lipinski definition) is 3. The van der Waals surface area contributed by atoms with E-state index in [1.807, 2.05) is 12.4 Å². The molecule has 0 saturated carbocycles. The van der Waals surface area contributed by atoms with Gasteiger partial charge in [0.05, 0.1) is 6.61 Å². The van der Waals surface area contributed by atoms with E-state index >= 15 is 0 Å². The Morgan fingerprint density at radius 1 is 1.45 bits per heavy atom. The van der Waals surface area contributed by atoms with Gasteiger partial charge in [-0.05, 0) is 24.5 Å². The lowest BCUT2D eigenvalue weighted by atomic mass is 9.77. The van der Waals surface area contributed by atoms with Crippen LogP contribution in [0.1, 0.15) is 24.0 Å². The van der Waals surface area contributed by atoms with Gasteiger partial charge in [-0.15, -0.1) is 0 Å². The lowest BCUT2D eigenvalue weighted by molar-refractivity contribution is 0.190. The molecule has 106 valence electrons. The second kappa shape index (κ2) is 5.67. The van der Waals surface area contributed by atoms with E-state index in [0.29, 0.717) is 12.5 Å². The first-order valence-electron chi connectivity index (χ1n) is 7.12. The number of nitrogens with one attached hydrogen (secondary N) is 1. The van der Waals surface area contributed by atoms with Gasteiger partial charge >= 0.3 is 0 Å². The van der Waals surface area contributed by atoms with Gasteiger partial charge in [0.25, 0.3) is 0 Å². The Morgan fingerprint density at radius 2 is 2.30 bits per heavy atom. The van der Waals surface area contributed by atoms with Crippen molar-refractivity contribution >= 4 is 5.95 Å². The molecule has 1 N–H and O–H groups in total. The first-order chi connectivity index (χ1) is 9.78. The monoisotopic (exact) mass is 271 g/mol. The van der Waals surface area contributed by atoms with Gasteiger partial charge in [0.15, 0.2) is 0 Å². The lowest BCUT2D eigenvalue weighted by Crippen LogP contribution is -2.26. The predicted molar refractivity (Wildman–Crippen MR) is 80.1 cm³/mol. The minimum atomic E-state index is 0.259. The zero-order chi connectivity index (χ0) is 13.9. The van der Waals surface area contributed by atoms with E-state index in [4.69, 9.17) is 4.74 Å². The first-order valence-corrected chi connectivity index (χ1v) is 7.12. The highest BCUT2D eigenvalue weighted by Gasteiger charge is 2.26. The molecular weight excluding hydrogens is 250 g/mol. The second-order valence-corrected chi connectivity index (χ2v) is 5.50. The Kier molecular flexibility index (Phi) is 3.74. The molecule has 1 aromatic heterocycles. The van der Waals surface area contributed by atoms with Crippen LogP contribution in [0.25, 0.3) is 0 Å². The van der Waals surface area contributed by atoms with Crippen LogP contribution in [-0.4, -0.2) is 29.3 Å². The summed E-state index contributed by atoms with van der Waals surface area (Å²) >= 11 is 0. The smallest absolute Gasteiger partial charge is 0.203 e. The third-order valence-corrected chi connectivity index (χ3v) is 3.89. The average Bonchev–Trinajstić information content (AvgIpc) is 2.83. The normalized spacial score (nSPS) is 18.2. The van der Waals surface area contributed by atoms with Crippen LogP contribution in [0.2, 0.25) is 0 Å². The Morgan fingerprint density at radius 3 is 3.10 bits per heavy atom. The molecule has 0 fully saturated rings. The molecule has 0 saturated heterocycles. The molecule has 1 heterocycles. The molecule has 0 bridgehead atoms. The van der Waals surface area contributed by atoms with Crippen molar-refractivity contribution in [2.24, 2.45) is 0 Å². The number of hydrogen-bond donors (Lipinski definition) is 1. The summed E-state index contributed by atoms with van der Waals surface area (Å²) in [4.78, 5) is 4.40. The number of nitrogens with zero attached hydrogens (tertiary/aromatic N) is 2. The number of benzene rings is 1. The average molecular weight is 271 g/mol. The topological polar surface area (TPSA) is 39.1 Å². The van der Waals surface area contributed by atoms with Crippen LogP contribution in [-0.2, 0) is 17.7 Å². The summed E-state index contributed by atoms with van der Waals surface area (Å²) in [5.74, 6) is 1.54. The van der Waals surface area contributed by atoms with Gasteiger partial charge in [0.1, 0.15) is 0 Å². The van der Waals surface area contributed by atoms with Crippen LogP contribution < -0.4 is 5.32 Å². The molecular formula is C16H21N3O. The van der Waals surface area contributed by atoms with Crippen LogP contribution in [0.15, 0.2) is 36.7 Å². The number of imidazole rings is 1. The van der Waals surface area contributed by atoms with Gasteiger partial charge in [0.2, 0.25) is 5.95 Å². The molecule has 1 aliphatic carbocycles. The van der Waals surface area contributed by atoms with E-state index in [1.165, 1.54) is 17.5 Å². The summed E-state index contributed by atoms with van der Waals surface area (Å²) in [7, 11) is 1.72. The molecule has 1 aromatic carbocycles. The Balaban J connectivity index is 1.66. The third-order valence-electron chi connectivity index (χ3n) is 3.89. The van der Waals surface area contributed by atoms with E-state index < -0.39 is 0 Å². The van der Waals surface area contributed by atoms with Crippen LogP contribution in [0.3, 0.4) is 0 Å². The maximum Gasteiger partial charge on any atom is 0.203 e. The number of methoxy groups -OCH3 is 1. The summed E-state index contributed by atoms with van der Waals surface area (Å²) in [5, 5.41) is 3.40. The Labute approximate surface area is 119 Å². The van der Waals surface area contributed by atoms with Crippen LogP contribution >= 0.6 is 0 Å². The summed E-state index contributed by atoms with van der Waals surface area (Å²) in [6.07, 6.45) is 5.07. The van der Waals surface area contributed by atoms with Crippen molar-refractivity contribution < 1.29 is 4.74 Å². The van der Waals surface area contributed by atoms with E-state index in [1.54, 1.807) is 7.11 Å². The Bertz CT molecular complexity index is 579. The summed E-state index contributed by atoms with van der Waals surface area (Å²) < 4.78 is 7.35. The summed E-state index contributed by atoms with van der Waals surface area (Å²) in [5.41, 5.74) is 2.97. The first kappa shape index (κ1) is 13.2. The minimum absolute atomic E-state index is 0.259. The molecule has 4 heteroatoms. The fraction of sp³-hybridized carbons (Fsp3) is 0.438. The number of anilines is 1. The van der Waals surface area contributed by atoms with Gasteiger partial charge in [-0.2, -0.15) is 0 Å². The number of aromatic nitrogens is 2. The van der Waals surface area contributed by atoms with E-state index in [0.717, 1.165) is 12.5 Å². The van der Waals surface area contributed by atoms with Gasteiger partial charge in [-0.3, -0.25) is 0 Å². The van der Waals surface area contributed by atoms with Crippen molar-refractivity contribution in [2.45, 2.75) is 31.8 Å². The zero-order valence-electron chi connectivity index (χ0n) is 12.0. The maximum absolute atomic E-state index is 5.15. The number of ether oxygens (including phenoxy) is 1. The molecule has 2 aromatic rings. The van der Waals surface area contributed by atoms with Gasteiger partial charge in [-0.25, -0.2) is 4.98 Å². The molecule has 3 rings (SSSR count). The molecule has 0 spiro atoms. The van der Waals surface area contributed by atoms with Crippen molar-refractivity contribution in [2.75, 3.05) is 19.0 Å². The van der Waals surface area contributed by atoms with Crippen LogP contribution in [0.5, 0.6) is 0 Å². The SMILES string of the molecule is COCC(C)Nc1nccn1CC1Cc2ccccc21. The summed E-state index contributed by atoms with van der Waals surface area (Å²) in [6, 6.07) is 8.96. The summed E-state index contributed by atoms with van der Waals surface area (Å²) in [6.45, 7) is 3.76. The van der Waals surface area contributed by atoms with Gasteiger partial charge in [-0.1, -0.05) is 24.3 Å². The molecule has 0 aliphatic heterocycles. The maximum atomic E-state index is 5.15. The van der Waals surface area contributed by atoms with Crippen molar-refractivity contribution in [3.63, 3.8) is 0 Å². The molecule has 1 aliphatic rings. The molecule has 2 unspecified atom stereocenters. The Hall–Kier alpha value is -1.81. The highest BCUT2D eigenvalue weighted by atomic mass is 16.5. The zero-order valence-corrected chi connectivity index (χ0v) is 12.0. The third kappa shape index (κ3) is 2.56. The molecule has 4 nitrogen and oxygen atoms in total. The van der Waals surface area contributed by atoms with E-state index in [9.17, 15) is 0 Å². The van der Waals surface area contributed by atoms with E-state index in [-0.39, 0.29) is 6.04 Å². The fourth-order valence-electron chi connectivity index (χ4n) is 2.87. The van der Waals surface area contributed by atoms with Crippen molar-refractivity contribution in [3.8, 4) is 0 Å². The lowest BCUT2D eigenvalue weighted by Gasteiger charge is -2.31. The predicted octanol–water partition coefficient (Wildman–Crippen LogP) is 2.67. The molecule has 0 radical (unpaired) electrons.